The Morgan fingerprint density at radius 2 is 1.38 bits per heavy atom. The summed E-state index contributed by atoms with van der Waals surface area (Å²) in [4.78, 5) is 13.7. The van der Waals surface area contributed by atoms with Gasteiger partial charge in [0.05, 0.1) is 34.8 Å². The molecule has 1 aromatic heterocycles. The summed E-state index contributed by atoms with van der Waals surface area (Å²) < 4.78 is 151. The molecule has 5 nitrogen and oxygen atoms in total. The lowest BCUT2D eigenvalue weighted by molar-refractivity contribution is -0.393. The van der Waals surface area contributed by atoms with Gasteiger partial charge in [-0.05, 0) is 30.7 Å². The molecule has 2 heterocycles. The first-order valence-corrected chi connectivity index (χ1v) is 12.2. The van der Waals surface area contributed by atoms with Crippen LogP contribution in [0, 0.1) is 0 Å². The van der Waals surface area contributed by atoms with Crippen molar-refractivity contribution in [2.24, 2.45) is 0 Å². The van der Waals surface area contributed by atoms with E-state index in [0.717, 1.165) is 24.1 Å². The van der Waals surface area contributed by atoms with Crippen molar-refractivity contribution in [2.75, 3.05) is 18.6 Å². The van der Waals surface area contributed by atoms with Crippen LogP contribution < -0.4 is 4.90 Å². The highest BCUT2D eigenvalue weighted by atomic mass is 35.5. The molecule has 1 aliphatic heterocycles. The van der Waals surface area contributed by atoms with Crippen LogP contribution in [0.15, 0.2) is 60.8 Å². The van der Waals surface area contributed by atoms with Gasteiger partial charge in [-0.25, -0.2) is 4.79 Å². The summed E-state index contributed by atoms with van der Waals surface area (Å²) >= 11 is 3.96. The van der Waals surface area contributed by atoms with E-state index >= 15 is 17.6 Å². The molecule has 228 valence electrons. The third-order valence-electron chi connectivity index (χ3n) is 6.85. The molecule has 0 saturated carbocycles. The van der Waals surface area contributed by atoms with Crippen LogP contribution >= 0.6 is 11.6 Å². The Morgan fingerprint density at radius 3 is 1.90 bits per heavy atom. The molecule has 0 amide bonds. The summed E-state index contributed by atoms with van der Waals surface area (Å²) in [5.41, 5.74) is -8.62. The zero-order valence-electron chi connectivity index (χ0n) is 21.3. The van der Waals surface area contributed by atoms with E-state index in [1.165, 1.54) is 49.4 Å². The van der Waals surface area contributed by atoms with Crippen molar-refractivity contribution in [2.45, 2.75) is 41.7 Å². The van der Waals surface area contributed by atoms with E-state index in [4.69, 9.17) is 0 Å². The number of benzene rings is 2. The number of fused-ring (bicyclic) bond motifs is 3. The fraction of sp³-hybridized carbons (Fsp3) is 0.346. The largest absolute Gasteiger partial charge is 0.462 e. The molecule has 2 aromatic carbocycles. The number of hydrogen-bond donors (Lipinski definition) is 1. The number of ether oxygens (including phenoxy) is 1. The molecule has 0 aliphatic carbocycles. The number of aromatic nitrogens is 1. The molecule has 3 aromatic rings. The maximum absolute atomic E-state index is 16.0. The van der Waals surface area contributed by atoms with Gasteiger partial charge in [0.1, 0.15) is 0 Å². The van der Waals surface area contributed by atoms with E-state index in [9.17, 15) is 36.2 Å². The highest BCUT2D eigenvalue weighted by Crippen LogP contribution is 2.62. The number of rotatable bonds is 8. The lowest BCUT2D eigenvalue weighted by atomic mass is 9.85. The van der Waals surface area contributed by atoms with Gasteiger partial charge in [0, 0.05) is 18.8 Å². The summed E-state index contributed by atoms with van der Waals surface area (Å²) in [6, 6.07) is 11.7. The number of halogens is 11. The third kappa shape index (κ3) is 4.07. The number of carbonyl (C=O) groups is 1. The normalized spacial score (nSPS) is 18.0. The standard InChI is InChI=1S/C26H19ClF10N2O3/c1-3-42-20(40)15-13-39-17-12-8-7-11-16(17)38(2)21(41,14-9-5-4-6-10-14)19(39)18(15)22(28,29)23(30,31)24(32,33)25(34,35)26(27,36)37/h4-13,41H,3H2,1-2H3. The molecule has 0 radical (unpaired) electrons. The SMILES string of the molecule is CCOC(=O)c1cn2c(c1C(F)(F)C(F)(F)C(F)(F)C(F)(F)C(F)(F)Cl)C(O)(c1ccccc1)N(C)c1ccccc1-2. The Balaban J connectivity index is 2.17. The molecule has 1 atom stereocenters. The van der Waals surface area contributed by atoms with Gasteiger partial charge in [-0.3, -0.25) is 0 Å². The average Bonchev–Trinajstić information content (AvgIpc) is 3.34. The second kappa shape index (κ2) is 9.79. The van der Waals surface area contributed by atoms with E-state index < -0.39 is 64.2 Å². The van der Waals surface area contributed by atoms with Crippen LogP contribution in [0.4, 0.5) is 49.6 Å². The zero-order chi connectivity index (χ0) is 31.7. The zero-order valence-corrected chi connectivity index (χ0v) is 22.1. The summed E-state index contributed by atoms with van der Waals surface area (Å²) in [6.07, 6.45) is 0.471. The Labute approximate surface area is 235 Å². The first-order valence-electron chi connectivity index (χ1n) is 11.8. The van der Waals surface area contributed by atoms with Crippen LogP contribution in [-0.4, -0.2) is 52.4 Å². The quantitative estimate of drug-likeness (QED) is 0.163. The van der Waals surface area contributed by atoms with Crippen molar-refractivity contribution < 1.29 is 58.5 Å². The number of nitrogens with zero attached hydrogens (tertiary/aromatic N) is 2. The first kappa shape index (κ1) is 31.5. The van der Waals surface area contributed by atoms with Crippen LogP contribution in [0.3, 0.4) is 0 Å². The maximum atomic E-state index is 16.0. The molecule has 4 rings (SSSR count). The molecule has 16 heteroatoms. The second-order valence-electron chi connectivity index (χ2n) is 9.24. The van der Waals surface area contributed by atoms with Gasteiger partial charge in [0.2, 0.25) is 5.72 Å². The van der Waals surface area contributed by atoms with Crippen LogP contribution in [0.1, 0.15) is 34.1 Å². The Kier molecular flexibility index (Phi) is 7.34. The predicted octanol–water partition coefficient (Wildman–Crippen LogP) is 7.13. The summed E-state index contributed by atoms with van der Waals surface area (Å²) in [5.74, 6) is -30.4. The minimum Gasteiger partial charge on any atom is -0.462 e. The lowest BCUT2D eigenvalue weighted by Crippen LogP contribution is -2.65. The number of alkyl halides is 11. The predicted molar refractivity (Wildman–Crippen MR) is 129 cm³/mol. The van der Waals surface area contributed by atoms with E-state index in [0.29, 0.717) is 10.8 Å². The van der Waals surface area contributed by atoms with Gasteiger partial charge in [-0.1, -0.05) is 42.5 Å². The van der Waals surface area contributed by atoms with Gasteiger partial charge < -0.3 is 19.3 Å². The molecule has 1 aliphatic rings. The van der Waals surface area contributed by atoms with Crippen molar-refractivity contribution in [1.29, 1.82) is 0 Å². The number of esters is 1. The van der Waals surface area contributed by atoms with Gasteiger partial charge in [-0.2, -0.15) is 43.9 Å². The van der Waals surface area contributed by atoms with Crippen molar-refractivity contribution in [1.82, 2.24) is 4.57 Å². The van der Waals surface area contributed by atoms with Crippen LogP contribution in [0.25, 0.3) is 5.69 Å². The number of hydrogen-bond acceptors (Lipinski definition) is 4. The number of aliphatic hydroxyl groups is 1. The van der Waals surface area contributed by atoms with Crippen molar-refractivity contribution >= 4 is 23.3 Å². The monoisotopic (exact) mass is 632 g/mol. The van der Waals surface area contributed by atoms with Crippen LogP contribution in [-0.2, 0) is 16.4 Å². The van der Waals surface area contributed by atoms with Crippen molar-refractivity contribution in [3.63, 3.8) is 0 Å². The molecule has 0 fully saturated rings. The Hall–Kier alpha value is -3.46. The topological polar surface area (TPSA) is 54.7 Å². The second-order valence-corrected chi connectivity index (χ2v) is 9.71. The lowest BCUT2D eigenvalue weighted by Gasteiger charge is -2.46. The number of carbonyl (C=O) groups excluding carboxylic acids is 1. The molecule has 0 spiro atoms. The average molecular weight is 633 g/mol. The molecule has 42 heavy (non-hydrogen) atoms. The van der Waals surface area contributed by atoms with E-state index in [1.807, 2.05) is 0 Å². The van der Waals surface area contributed by atoms with E-state index in [1.54, 1.807) is 0 Å². The molecular formula is C26H19ClF10N2O3. The van der Waals surface area contributed by atoms with Gasteiger partial charge >= 0.3 is 35.0 Å². The summed E-state index contributed by atoms with van der Waals surface area (Å²) in [6.45, 7) is 0.633. The van der Waals surface area contributed by atoms with Crippen molar-refractivity contribution in [3.05, 3.63) is 83.2 Å². The van der Waals surface area contributed by atoms with E-state index in [-0.39, 0.29) is 16.9 Å². The van der Waals surface area contributed by atoms with Crippen molar-refractivity contribution in [3.8, 4) is 5.69 Å². The number of para-hydroxylation sites is 2. The van der Waals surface area contributed by atoms with Crippen LogP contribution in [0.2, 0.25) is 0 Å². The molecular weight excluding hydrogens is 614 g/mol. The minimum atomic E-state index is -7.52. The number of anilines is 1. The third-order valence-corrected chi connectivity index (χ3v) is 7.09. The van der Waals surface area contributed by atoms with Gasteiger partial charge in [0.25, 0.3) is 0 Å². The molecule has 0 saturated heterocycles. The summed E-state index contributed by atoms with van der Waals surface area (Å²) in [7, 11) is 1.11. The highest BCUT2D eigenvalue weighted by molar-refractivity contribution is 6.22. The maximum Gasteiger partial charge on any atom is 0.393 e. The highest BCUT2D eigenvalue weighted by Gasteiger charge is 2.87. The fourth-order valence-electron chi connectivity index (χ4n) is 4.73. The molecule has 0 bridgehead atoms. The van der Waals surface area contributed by atoms with Crippen LogP contribution in [0.5, 0.6) is 0 Å². The summed E-state index contributed by atoms with van der Waals surface area (Å²) in [5, 5.41) is 5.62. The molecule has 1 N–H and O–H groups in total. The smallest absolute Gasteiger partial charge is 0.393 e. The van der Waals surface area contributed by atoms with E-state index in [2.05, 4.69) is 16.3 Å². The Morgan fingerprint density at radius 1 is 0.857 bits per heavy atom. The minimum absolute atomic E-state index is 0.0574. The first-order chi connectivity index (χ1) is 19.2. The van der Waals surface area contributed by atoms with Gasteiger partial charge in [-0.15, -0.1) is 0 Å². The molecule has 1 unspecified atom stereocenters. The van der Waals surface area contributed by atoms with Gasteiger partial charge in [0.15, 0.2) is 0 Å². The Bertz CT molecular complexity index is 1510. The fourth-order valence-corrected chi connectivity index (χ4v) is 4.85.